The van der Waals surface area contributed by atoms with E-state index in [-0.39, 0.29) is 0 Å². The van der Waals surface area contributed by atoms with Gasteiger partial charge in [-0.2, -0.15) is 0 Å². The molecule has 1 atom stereocenters. The number of hydrogen-bond donors (Lipinski definition) is 0. The Morgan fingerprint density at radius 1 is 1.30 bits per heavy atom. The first-order valence-corrected chi connectivity index (χ1v) is 6.76. The smallest absolute Gasteiger partial charge is 0.366 e. The Kier molecular flexibility index (Phi) is 5.73. The maximum atomic E-state index is 12.3. The number of esters is 2. The summed E-state index contributed by atoms with van der Waals surface area (Å²) in [7, 11) is 3.06. The van der Waals surface area contributed by atoms with Crippen molar-refractivity contribution in [2.75, 3.05) is 13.7 Å². The standard InChI is InChI=1S/C14H23N2O4/c1-5-6-7-10-20-13(18)14(2,12(17)19-4)16-9-8-15(3)11-16/h8-9,11H,5-7,10H2,1-4H3/q+1/t14-/m1/s1. The second-order valence-electron chi connectivity index (χ2n) is 4.89. The number of aromatic nitrogens is 2. The summed E-state index contributed by atoms with van der Waals surface area (Å²) in [6, 6.07) is 0. The van der Waals surface area contributed by atoms with E-state index in [1.807, 2.05) is 0 Å². The molecule has 112 valence electrons. The maximum absolute atomic E-state index is 12.3. The number of rotatable bonds is 7. The van der Waals surface area contributed by atoms with Crippen molar-refractivity contribution in [1.82, 2.24) is 4.57 Å². The minimum absolute atomic E-state index is 0.312. The summed E-state index contributed by atoms with van der Waals surface area (Å²) in [5.74, 6) is -1.24. The first-order chi connectivity index (χ1) is 9.46. The molecule has 0 saturated carbocycles. The largest absolute Gasteiger partial charge is 0.465 e. The number of unbranched alkanes of at least 4 members (excludes halogenated alkanes) is 2. The Balaban J connectivity index is 2.89. The van der Waals surface area contributed by atoms with Gasteiger partial charge in [-0.3, -0.25) is 0 Å². The van der Waals surface area contributed by atoms with E-state index in [0.29, 0.717) is 6.61 Å². The van der Waals surface area contributed by atoms with Gasteiger partial charge in [0.2, 0.25) is 6.33 Å². The number of nitrogens with zero attached hydrogens (tertiary/aromatic N) is 2. The highest BCUT2D eigenvalue weighted by molar-refractivity contribution is 6.01. The van der Waals surface area contributed by atoms with Crippen LogP contribution >= 0.6 is 0 Å². The minimum atomic E-state index is -1.50. The van der Waals surface area contributed by atoms with E-state index in [2.05, 4.69) is 6.92 Å². The quantitative estimate of drug-likeness (QED) is 0.323. The third-order valence-corrected chi connectivity index (χ3v) is 3.25. The van der Waals surface area contributed by atoms with E-state index >= 15 is 0 Å². The van der Waals surface area contributed by atoms with Crippen LogP contribution in [0.5, 0.6) is 0 Å². The number of methoxy groups -OCH3 is 1. The molecule has 6 heteroatoms. The molecule has 1 heterocycles. The number of imidazole rings is 1. The van der Waals surface area contributed by atoms with Crippen LogP contribution in [0.1, 0.15) is 33.1 Å². The highest BCUT2D eigenvalue weighted by Gasteiger charge is 2.50. The number of aryl methyl sites for hydroxylation is 1. The Hall–Kier alpha value is -1.85. The molecule has 0 aliphatic heterocycles. The fourth-order valence-electron chi connectivity index (χ4n) is 1.87. The first-order valence-electron chi connectivity index (χ1n) is 6.76. The zero-order chi connectivity index (χ0) is 15.2. The molecule has 0 radical (unpaired) electrons. The van der Waals surface area contributed by atoms with Gasteiger partial charge < -0.3 is 9.47 Å². The summed E-state index contributed by atoms with van der Waals surface area (Å²) >= 11 is 0. The Bertz CT molecular complexity index is 469. The summed E-state index contributed by atoms with van der Waals surface area (Å²) in [6.07, 6.45) is 7.85. The average Bonchev–Trinajstić information content (AvgIpc) is 2.88. The zero-order valence-corrected chi connectivity index (χ0v) is 12.6. The van der Waals surface area contributed by atoms with Crippen LogP contribution in [0.25, 0.3) is 0 Å². The normalized spacial score (nSPS) is 13.6. The van der Waals surface area contributed by atoms with Gasteiger partial charge in [0.1, 0.15) is 12.4 Å². The van der Waals surface area contributed by atoms with Crippen molar-refractivity contribution in [3.8, 4) is 0 Å². The Morgan fingerprint density at radius 2 is 2.00 bits per heavy atom. The summed E-state index contributed by atoms with van der Waals surface area (Å²) in [5, 5.41) is 0. The summed E-state index contributed by atoms with van der Waals surface area (Å²) in [5.41, 5.74) is -1.50. The van der Waals surface area contributed by atoms with Crippen LogP contribution in [-0.2, 0) is 31.6 Å². The van der Waals surface area contributed by atoms with E-state index < -0.39 is 17.5 Å². The van der Waals surface area contributed by atoms with Gasteiger partial charge in [0.15, 0.2) is 0 Å². The highest BCUT2D eigenvalue weighted by Crippen LogP contribution is 2.19. The third kappa shape index (κ3) is 3.37. The second kappa shape index (κ2) is 7.07. The lowest BCUT2D eigenvalue weighted by atomic mass is 10.0. The number of ether oxygens (including phenoxy) is 2. The van der Waals surface area contributed by atoms with Crippen molar-refractivity contribution in [3.63, 3.8) is 0 Å². The van der Waals surface area contributed by atoms with Crippen LogP contribution in [0, 0.1) is 0 Å². The topological polar surface area (TPSA) is 61.4 Å². The van der Waals surface area contributed by atoms with Gasteiger partial charge in [0.05, 0.1) is 20.8 Å². The molecule has 0 amide bonds. The van der Waals surface area contributed by atoms with Crippen LogP contribution in [0.4, 0.5) is 0 Å². The second-order valence-corrected chi connectivity index (χ2v) is 4.89. The molecule has 6 nitrogen and oxygen atoms in total. The van der Waals surface area contributed by atoms with Crippen molar-refractivity contribution in [2.24, 2.45) is 7.05 Å². The lowest BCUT2D eigenvalue weighted by molar-refractivity contribution is -0.671. The SMILES string of the molecule is CCCCCOC(=O)[C@@](C)(C(=O)OC)n1cc[n+](C)c1. The maximum Gasteiger partial charge on any atom is 0.366 e. The van der Waals surface area contributed by atoms with Gasteiger partial charge in [0, 0.05) is 6.92 Å². The molecular formula is C14H23N2O4+. The molecule has 0 aliphatic rings. The van der Waals surface area contributed by atoms with Gasteiger partial charge in [-0.25, -0.2) is 18.7 Å². The van der Waals surface area contributed by atoms with Crippen molar-refractivity contribution >= 4 is 11.9 Å². The number of carbonyl (C=O) groups is 2. The predicted molar refractivity (Wildman–Crippen MR) is 71.8 cm³/mol. The average molecular weight is 283 g/mol. The van der Waals surface area contributed by atoms with Crippen molar-refractivity contribution < 1.29 is 23.6 Å². The molecule has 1 aromatic heterocycles. The van der Waals surface area contributed by atoms with Gasteiger partial charge >= 0.3 is 17.5 Å². The van der Waals surface area contributed by atoms with Crippen molar-refractivity contribution in [1.29, 1.82) is 0 Å². The minimum Gasteiger partial charge on any atom is -0.465 e. The molecule has 0 fully saturated rings. The van der Waals surface area contributed by atoms with E-state index in [1.54, 1.807) is 30.3 Å². The molecule has 0 spiro atoms. The first kappa shape index (κ1) is 16.2. The van der Waals surface area contributed by atoms with E-state index in [0.717, 1.165) is 19.3 Å². The van der Waals surface area contributed by atoms with E-state index in [9.17, 15) is 9.59 Å². The fourth-order valence-corrected chi connectivity index (χ4v) is 1.87. The van der Waals surface area contributed by atoms with Gasteiger partial charge in [-0.1, -0.05) is 19.8 Å². The molecular weight excluding hydrogens is 260 g/mol. The van der Waals surface area contributed by atoms with E-state index in [1.165, 1.54) is 18.6 Å². The monoisotopic (exact) mass is 283 g/mol. The summed E-state index contributed by atoms with van der Waals surface area (Å²) in [4.78, 5) is 24.3. The number of hydrogen-bond acceptors (Lipinski definition) is 4. The van der Waals surface area contributed by atoms with Crippen LogP contribution < -0.4 is 4.57 Å². The Morgan fingerprint density at radius 3 is 2.50 bits per heavy atom. The molecule has 0 aromatic carbocycles. The molecule has 0 bridgehead atoms. The molecule has 20 heavy (non-hydrogen) atoms. The third-order valence-electron chi connectivity index (χ3n) is 3.25. The summed E-state index contributed by atoms with van der Waals surface area (Å²) < 4.78 is 13.2. The molecule has 0 N–H and O–H groups in total. The van der Waals surface area contributed by atoms with Gasteiger partial charge in [-0.15, -0.1) is 0 Å². The lowest BCUT2D eigenvalue weighted by Crippen LogP contribution is -2.48. The van der Waals surface area contributed by atoms with Crippen molar-refractivity contribution in [3.05, 3.63) is 18.7 Å². The Labute approximate surface area is 119 Å². The summed E-state index contributed by atoms with van der Waals surface area (Å²) in [6.45, 7) is 3.88. The van der Waals surface area contributed by atoms with Gasteiger partial charge in [0.25, 0.3) is 0 Å². The molecule has 1 rings (SSSR count). The van der Waals surface area contributed by atoms with Crippen LogP contribution in [-0.4, -0.2) is 30.2 Å². The fraction of sp³-hybridized carbons (Fsp3) is 0.643. The predicted octanol–water partition coefficient (Wildman–Crippen LogP) is 0.934. The number of carbonyl (C=O) groups excluding carboxylic acids is 2. The molecule has 0 saturated heterocycles. The molecule has 0 unspecified atom stereocenters. The molecule has 1 aromatic rings. The van der Waals surface area contributed by atoms with Crippen LogP contribution in [0.15, 0.2) is 18.7 Å². The van der Waals surface area contributed by atoms with Crippen LogP contribution in [0.2, 0.25) is 0 Å². The molecule has 0 aliphatic carbocycles. The van der Waals surface area contributed by atoms with E-state index in [4.69, 9.17) is 9.47 Å². The van der Waals surface area contributed by atoms with Gasteiger partial charge in [-0.05, 0) is 6.42 Å². The van der Waals surface area contributed by atoms with Crippen LogP contribution in [0.3, 0.4) is 0 Å². The van der Waals surface area contributed by atoms with Crippen molar-refractivity contribution in [2.45, 2.75) is 38.6 Å². The zero-order valence-electron chi connectivity index (χ0n) is 12.6. The highest BCUT2D eigenvalue weighted by atomic mass is 16.6. The lowest BCUT2D eigenvalue weighted by Gasteiger charge is -2.21.